The monoisotopic (exact) mass is 224 g/mol. The van der Waals surface area contributed by atoms with Gasteiger partial charge in [-0.1, -0.05) is 0 Å². The molecule has 3 aliphatic rings. The lowest BCUT2D eigenvalue weighted by atomic mass is 9.93. The van der Waals surface area contributed by atoms with E-state index in [-0.39, 0.29) is 0 Å². The first-order valence-electron chi connectivity index (χ1n) is 6.78. The van der Waals surface area contributed by atoms with Crippen LogP contribution in [0.2, 0.25) is 0 Å². The lowest BCUT2D eigenvalue weighted by Gasteiger charge is -2.49. The molecule has 0 spiro atoms. The van der Waals surface area contributed by atoms with Crippen LogP contribution >= 0.6 is 0 Å². The first-order valence-corrected chi connectivity index (χ1v) is 6.78. The Balaban J connectivity index is 1.74. The SMILES string of the molecule is CC1CN2CCCC2CN1C1(C)CCOC1. The van der Waals surface area contributed by atoms with Crippen LogP contribution in [-0.4, -0.2) is 60.3 Å². The van der Waals surface area contributed by atoms with Crippen LogP contribution in [-0.2, 0) is 4.74 Å². The van der Waals surface area contributed by atoms with E-state index < -0.39 is 0 Å². The maximum absolute atomic E-state index is 5.62. The van der Waals surface area contributed by atoms with Gasteiger partial charge in [-0.3, -0.25) is 9.80 Å². The van der Waals surface area contributed by atoms with Gasteiger partial charge in [-0.25, -0.2) is 0 Å². The minimum Gasteiger partial charge on any atom is -0.379 e. The Kier molecular flexibility index (Phi) is 2.73. The third-order valence-corrected chi connectivity index (χ3v) is 4.83. The molecular formula is C13H24N2O. The van der Waals surface area contributed by atoms with Crippen molar-refractivity contribution in [2.45, 2.75) is 50.7 Å². The van der Waals surface area contributed by atoms with Crippen LogP contribution in [0.15, 0.2) is 0 Å². The number of ether oxygens (including phenoxy) is 1. The largest absolute Gasteiger partial charge is 0.379 e. The maximum Gasteiger partial charge on any atom is 0.0648 e. The van der Waals surface area contributed by atoms with Crippen molar-refractivity contribution < 1.29 is 4.74 Å². The Hall–Kier alpha value is -0.120. The molecule has 92 valence electrons. The topological polar surface area (TPSA) is 15.7 Å². The van der Waals surface area contributed by atoms with E-state index >= 15 is 0 Å². The van der Waals surface area contributed by atoms with E-state index in [1.54, 1.807) is 0 Å². The minimum absolute atomic E-state index is 0.314. The number of piperazine rings is 1. The van der Waals surface area contributed by atoms with Gasteiger partial charge in [-0.05, 0) is 39.7 Å². The molecule has 3 saturated heterocycles. The molecule has 3 nitrogen and oxygen atoms in total. The number of hydrogen-bond donors (Lipinski definition) is 0. The fourth-order valence-electron chi connectivity index (χ4n) is 3.82. The second-order valence-corrected chi connectivity index (χ2v) is 6.09. The minimum atomic E-state index is 0.314. The molecule has 16 heavy (non-hydrogen) atoms. The van der Waals surface area contributed by atoms with E-state index in [1.165, 1.54) is 38.9 Å². The third-order valence-electron chi connectivity index (χ3n) is 4.83. The fourth-order valence-corrected chi connectivity index (χ4v) is 3.82. The predicted molar refractivity (Wildman–Crippen MR) is 64.6 cm³/mol. The van der Waals surface area contributed by atoms with Crippen LogP contribution in [0, 0.1) is 0 Å². The normalized spacial score (nSPS) is 46.1. The molecule has 0 amide bonds. The van der Waals surface area contributed by atoms with Gasteiger partial charge in [-0.2, -0.15) is 0 Å². The number of hydrogen-bond acceptors (Lipinski definition) is 3. The van der Waals surface area contributed by atoms with Gasteiger partial charge in [0.15, 0.2) is 0 Å². The summed E-state index contributed by atoms with van der Waals surface area (Å²) >= 11 is 0. The summed E-state index contributed by atoms with van der Waals surface area (Å²) in [5.74, 6) is 0. The van der Waals surface area contributed by atoms with Crippen molar-refractivity contribution in [3.8, 4) is 0 Å². The molecule has 0 aromatic heterocycles. The van der Waals surface area contributed by atoms with Gasteiger partial charge in [0, 0.05) is 37.3 Å². The zero-order valence-electron chi connectivity index (χ0n) is 10.6. The van der Waals surface area contributed by atoms with E-state index in [2.05, 4.69) is 23.6 Å². The van der Waals surface area contributed by atoms with Gasteiger partial charge in [-0.15, -0.1) is 0 Å². The summed E-state index contributed by atoms with van der Waals surface area (Å²) in [7, 11) is 0. The lowest BCUT2D eigenvalue weighted by molar-refractivity contribution is -0.0199. The summed E-state index contributed by atoms with van der Waals surface area (Å²) in [5, 5.41) is 0. The number of fused-ring (bicyclic) bond motifs is 1. The Labute approximate surface area is 98.7 Å². The predicted octanol–water partition coefficient (Wildman–Crippen LogP) is 1.33. The standard InChI is InChI=1S/C13H24N2O/c1-11-8-14-6-3-4-12(14)9-15(11)13(2)5-7-16-10-13/h11-12H,3-10H2,1-2H3. The molecule has 3 atom stereocenters. The lowest BCUT2D eigenvalue weighted by Crippen LogP contribution is -2.62. The Morgan fingerprint density at radius 1 is 1.31 bits per heavy atom. The van der Waals surface area contributed by atoms with Crippen molar-refractivity contribution in [2.75, 3.05) is 32.8 Å². The molecule has 3 unspecified atom stereocenters. The van der Waals surface area contributed by atoms with Crippen molar-refractivity contribution in [1.29, 1.82) is 0 Å². The van der Waals surface area contributed by atoms with E-state index in [9.17, 15) is 0 Å². The summed E-state index contributed by atoms with van der Waals surface area (Å²) in [6, 6.07) is 1.52. The van der Waals surface area contributed by atoms with E-state index in [1.807, 2.05) is 0 Å². The molecule has 3 heterocycles. The molecule has 0 radical (unpaired) electrons. The zero-order valence-corrected chi connectivity index (χ0v) is 10.6. The van der Waals surface area contributed by atoms with Gasteiger partial charge in [0.2, 0.25) is 0 Å². The number of rotatable bonds is 1. The molecule has 0 aromatic rings. The average Bonchev–Trinajstić information content (AvgIpc) is 2.85. The number of nitrogens with zero attached hydrogens (tertiary/aromatic N) is 2. The summed E-state index contributed by atoms with van der Waals surface area (Å²) in [6.07, 6.45) is 4.02. The van der Waals surface area contributed by atoms with Crippen LogP contribution in [0.1, 0.15) is 33.1 Å². The van der Waals surface area contributed by atoms with Crippen molar-refractivity contribution in [3.05, 3.63) is 0 Å². The summed E-state index contributed by atoms with van der Waals surface area (Å²) in [5.41, 5.74) is 0.314. The zero-order chi connectivity index (χ0) is 11.2. The molecule has 3 fully saturated rings. The maximum atomic E-state index is 5.62. The average molecular weight is 224 g/mol. The highest BCUT2D eigenvalue weighted by molar-refractivity contribution is 4.99. The van der Waals surface area contributed by atoms with Crippen molar-refractivity contribution in [2.24, 2.45) is 0 Å². The fraction of sp³-hybridized carbons (Fsp3) is 1.00. The third kappa shape index (κ3) is 1.69. The second-order valence-electron chi connectivity index (χ2n) is 6.09. The molecular weight excluding hydrogens is 200 g/mol. The van der Waals surface area contributed by atoms with Crippen molar-refractivity contribution in [3.63, 3.8) is 0 Å². The molecule has 0 aromatic carbocycles. The molecule has 3 heteroatoms. The van der Waals surface area contributed by atoms with Crippen LogP contribution in [0.25, 0.3) is 0 Å². The van der Waals surface area contributed by atoms with Crippen LogP contribution in [0.5, 0.6) is 0 Å². The molecule has 0 bridgehead atoms. The highest BCUT2D eigenvalue weighted by atomic mass is 16.5. The first kappa shape index (κ1) is 11.0. The Morgan fingerprint density at radius 3 is 2.94 bits per heavy atom. The van der Waals surface area contributed by atoms with Crippen LogP contribution < -0.4 is 0 Å². The summed E-state index contributed by atoms with van der Waals surface area (Å²) in [6.45, 7) is 10.5. The van der Waals surface area contributed by atoms with E-state index in [4.69, 9.17) is 4.74 Å². The van der Waals surface area contributed by atoms with Crippen molar-refractivity contribution >= 4 is 0 Å². The van der Waals surface area contributed by atoms with Gasteiger partial charge in [0.25, 0.3) is 0 Å². The van der Waals surface area contributed by atoms with Crippen LogP contribution in [0.3, 0.4) is 0 Å². The molecule has 0 saturated carbocycles. The second kappa shape index (κ2) is 3.97. The molecule has 3 rings (SSSR count). The Bertz CT molecular complexity index is 263. The van der Waals surface area contributed by atoms with Gasteiger partial charge in [0.05, 0.1) is 6.61 Å². The van der Waals surface area contributed by atoms with E-state index in [0.717, 1.165) is 19.3 Å². The Morgan fingerprint density at radius 2 is 2.19 bits per heavy atom. The quantitative estimate of drug-likeness (QED) is 0.668. The van der Waals surface area contributed by atoms with Gasteiger partial charge < -0.3 is 4.74 Å². The first-order chi connectivity index (χ1) is 7.69. The van der Waals surface area contributed by atoms with E-state index in [0.29, 0.717) is 11.6 Å². The summed E-state index contributed by atoms with van der Waals surface area (Å²) < 4.78 is 5.62. The molecule has 0 N–H and O–H groups in total. The molecule has 0 aliphatic carbocycles. The highest BCUT2D eigenvalue weighted by Gasteiger charge is 2.44. The van der Waals surface area contributed by atoms with Gasteiger partial charge in [0.1, 0.15) is 0 Å². The van der Waals surface area contributed by atoms with Gasteiger partial charge >= 0.3 is 0 Å². The van der Waals surface area contributed by atoms with Crippen LogP contribution in [0.4, 0.5) is 0 Å². The van der Waals surface area contributed by atoms with Crippen molar-refractivity contribution in [1.82, 2.24) is 9.80 Å². The smallest absolute Gasteiger partial charge is 0.0648 e. The summed E-state index contributed by atoms with van der Waals surface area (Å²) in [4.78, 5) is 5.42. The molecule has 3 aliphatic heterocycles. The highest BCUT2D eigenvalue weighted by Crippen LogP contribution is 2.33.